The molecule has 7 nitrogen and oxygen atoms in total. The van der Waals surface area contributed by atoms with Gasteiger partial charge in [-0.25, -0.2) is 9.59 Å². The van der Waals surface area contributed by atoms with E-state index in [4.69, 9.17) is 5.11 Å². The van der Waals surface area contributed by atoms with Crippen molar-refractivity contribution in [3.63, 3.8) is 0 Å². The van der Waals surface area contributed by atoms with Crippen molar-refractivity contribution in [1.29, 1.82) is 0 Å². The molecule has 0 heterocycles. The molecule has 0 saturated heterocycles. The first-order chi connectivity index (χ1) is 9.64. The highest BCUT2D eigenvalue weighted by Gasteiger charge is 2.44. The lowest BCUT2D eigenvalue weighted by Gasteiger charge is -2.31. The largest absolute Gasteiger partial charge is 0.401 e. The molecule has 0 aliphatic rings. The van der Waals surface area contributed by atoms with Gasteiger partial charge in [-0.15, -0.1) is 0 Å². The van der Waals surface area contributed by atoms with Gasteiger partial charge in [0.05, 0.1) is 0 Å². The summed E-state index contributed by atoms with van der Waals surface area (Å²) in [4.78, 5) is 23.0. The summed E-state index contributed by atoms with van der Waals surface area (Å²) in [6.07, 6.45) is -1.02. The van der Waals surface area contributed by atoms with Crippen LogP contribution < -0.4 is 0 Å². The zero-order valence-electron chi connectivity index (χ0n) is 12.3. The number of unbranched alkanes of at least 4 members (excludes halogenated alkanes) is 1. The van der Waals surface area contributed by atoms with Crippen LogP contribution in [-0.2, 0) is 19.1 Å². The molecule has 0 bridgehead atoms. The summed E-state index contributed by atoms with van der Waals surface area (Å²) in [5.74, 6) is -4.87. The van der Waals surface area contributed by atoms with Gasteiger partial charge in [0.1, 0.15) is 0 Å². The summed E-state index contributed by atoms with van der Waals surface area (Å²) in [6.45, 7) is 9.23. The highest BCUT2D eigenvalue weighted by molar-refractivity contribution is 5.88. The minimum atomic E-state index is -2.83. The molecular weight excluding hydrogens is 280 g/mol. The number of esters is 2. The summed E-state index contributed by atoms with van der Waals surface area (Å²) in [7, 11) is 0. The number of aliphatic hydroxyl groups is 3. The van der Waals surface area contributed by atoms with E-state index in [1.165, 1.54) is 13.8 Å². The first-order valence-corrected chi connectivity index (χ1v) is 6.43. The fraction of sp³-hybridized carbons (Fsp3) is 0.571. The summed E-state index contributed by atoms with van der Waals surface area (Å²) in [6, 6.07) is 0. The molecule has 0 radical (unpaired) electrons. The second-order valence-corrected chi connectivity index (χ2v) is 4.71. The fourth-order valence-electron chi connectivity index (χ4n) is 1.23. The lowest BCUT2D eigenvalue weighted by Crippen LogP contribution is -2.50. The third kappa shape index (κ3) is 6.52. The van der Waals surface area contributed by atoms with Crippen molar-refractivity contribution < 1.29 is 34.4 Å². The van der Waals surface area contributed by atoms with Crippen LogP contribution in [0.4, 0.5) is 0 Å². The third-order valence-corrected chi connectivity index (χ3v) is 2.48. The van der Waals surface area contributed by atoms with Crippen molar-refractivity contribution in [2.45, 2.75) is 45.2 Å². The zero-order chi connectivity index (χ0) is 16.6. The van der Waals surface area contributed by atoms with Gasteiger partial charge in [-0.1, -0.05) is 13.2 Å². The van der Waals surface area contributed by atoms with Gasteiger partial charge in [0.15, 0.2) is 6.10 Å². The predicted molar refractivity (Wildman–Crippen MR) is 73.7 cm³/mol. The normalized spacial score (nSPS) is 12.4. The molecule has 21 heavy (non-hydrogen) atoms. The van der Waals surface area contributed by atoms with Crippen molar-refractivity contribution >= 4 is 11.9 Å². The van der Waals surface area contributed by atoms with E-state index < -0.39 is 24.0 Å². The van der Waals surface area contributed by atoms with Gasteiger partial charge >= 0.3 is 17.9 Å². The Bertz CT molecular complexity index is 386. The number of rotatable bonds is 9. The number of carbonyl (C=O) groups is 2. The number of hydrogen-bond acceptors (Lipinski definition) is 7. The van der Waals surface area contributed by atoms with Crippen LogP contribution in [0.5, 0.6) is 0 Å². The third-order valence-electron chi connectivity index (χ3n) is 2.48. The van der Waals surface area contributed by atoms with Gasteiger partial charge in [0.2, 0.25) is 0 Å². The first-order valence-electron chi connectivity index (χ1n) is 6.43. The van der Waals surface area contributed by atoms with E-state index in [1.807, 2.05) is 0 Å². The van der Waals surface area contributed by atoms with Crippen molar-refractivity contribution in [2.75, 3.05) is 6.61 Å². The molecule has 0 aromatic heterocycles. The molecule has 0 aliphatic carbocycles. The highest BCUT2D eigenvalue weighted by Crippen LogP contribution is 2.22. The average Bonchev–Trinajstić information content (AvgIpc) is 2.38. The summed E-state index contributed by atoms with van der Waals surface area (Å²) in [5, 5.41) is 28.7. The summed E-state index contributed by atoms with van der Waals surface area (Å²) in [5.41, 5.74) is -0.0790. The lowest BCUT2D eigenvalue weighted by atomic mass is 10.1. The highest BCUT2D eigenvalue weighted by atomic mass is 16.8. The predicted octanol–water partition coefficient (Wildman–Crippen LogP) is 0.395. The van der Waals surface area contributed by atoms with Gasteiger partial charge in [-0.05, 0) is 33.1 Å². The smallest absolute Gasteiger partial charge is 0.396 e. The van der Waals surface area contributed by atoms with Crippen LogP contribution in [0, 0.1) is 0 Å². The van der Waals surface area contributed by atoms with Crippen LogP contribution in [-0.4, -0.2) is 45.9 Å². The molecule has 0 fully saturated rings. The molecule has 0 saturated carbocycles. The number of aliphatic hydroxyl groups excluding tert-OH is 2. The first kappa shape index (κ1) is 19.3. The maximum atomic E-state index is 11.5. The van der Waals surface area contributed by atoms with Crippen molar-refractivity contribution in [1.82, 2.24) is 0 Å². The quantitative estimate of drug-likeness (QED) is 0.244. The maximum Gasteiger partial charge on any atom is 0.401 e. The van der Waals surface area contributed by atoms with E-state index in [2.05, 4.69) is 22.6 Å². The Balaban J connectivity index is 5.04. The van der Waals surface area contributed by atoms with E-state index in [1.54, 1.807) is 0 Å². The van der Waals surface area contributed by atoms with E-state index in [0.29, 0.717) is 12.8 Å². The Morgan fingerprint density at radius 2 is 1.52 bits per heavy atom. The lowest BCUT2D eigenvalue weighted by molar-refractivity contribution is -0.359. The Hall–Kier alpha value is -1.70. The topological polar surface area (TPSA) is 113 Å². The standard InChI is InChI=1S/C14H22O7/c1-9(2)12(17)20-14(19,21-13(18)10(3)4)11(16)7-5-6-8-15/h11,15-16,19H,1,3,5-8H2,2,4H3. The molecule has 0 amide bonds. The Morgan fingerprint density at radius 3 is 1.86 bits per heavy atom. The summed E-state index contributed by atoms with van der Waals surface area (Å²) >= 11 is 0. The molecule has 120 valence electrons. The van der Waals surface area contributed by atoms with Gasteiger partial charge in [0, 0.05) is 17.8 Å². The van der Waals surface area contributed by atoms with Crippen molar-refractivity contribution in [3.8, 4) is 0 Å². The van der Waals surface area contributed by atoms with Gasteiger partial charge in [-0.2, -0.15) is 0 Å². The minimum Gasteiger partial charge on any atom is -0.396 e. The second-order valence-electron chi connectivity index (χ2n) is 4.71. The minimum absolute atomic E-state index is 0.0395. The van der Waals surface area contributed by atoms with Gasteiger partial charge < -0.3 is 24.8 Å². The average molecular weight is 302 g/mol. The molecule has 3 N–H and O–H groups in total. The molecule has 0 aromatic carbocycles. The molecular formula is C14H22O7. The second kappa shape index (κ2) is 8.56. The summed E-state index contributed by atoms with van der Waals surface area (Å²) < 4.78 is 9.27. The van der Waals surface area contributed by atoms with Gasteiger partial charge in [0.25, 0.3) is 0 Å². The number of hydrogen-bond donors (Lipinski definition) is 3. The van der Waals surface area contributed by atoms with Crippen LogP contribution in [0.25, 0.3) is 0 Å². The molecule has 1 unspecified atom stereocenters. The number of ether oxygens (including phenoxy) is 2. The Labute approximate surface area is 123 Å². The monoisotopic (exact) mass is 302 g/mol. The van der Waals surface area contributed by atoms with Gasteiger partial charge in [-0.3, -0.25) is 0 Å². The molecule has 0 rings (SSSR count). The van der Waals surface area contributed by atoms with Crippen LogP contribution in [0.3, 0.4) is 0 Å². The number of carbonyl (C=O) groups excluding carboxylic acids is 2. The van der Waals surface area contributed by atoms with E-state index in [-0.39, 0.29) is 24.2 Å². The van der Waals surface area contributed by atoms with Crippen LogP contribution in [0.1, 0.15) is 33.1 Å². The fourth-order valence-corrected chi connectivity index (χ4v) is 1.23. The van der Waals surface area contributed by atoms with E-state index in [0.717, 1.165) is 0 Å². The molecule has 7 heteroatoms. The maximum absolute atomic E-state index is 11.5. The van der Waals surface area contributed by atoms with E-state index >= 15 is 0 Å². The Morgan fingerprint density at radius 1 is 1.10 bits per heavy atom. The molecule has 1 atom stereocenters. The zero-order valence-corrected chi connectivity index (χ0v) is 12.3. The van der Waals surface area contributed by atoms with Crippen LogP contribution >= 0.6 is 0 Å². The molecule has 0 aromatic rings. The van der Waals surface area contributed by atoms with Crippen molar-refractivity contribution in [2.24, 2.45) is 0 Å². The Kier molecular flexibility index (Phi) is 7.86. The van der Waals surface area contributed by atoms with E-state index in [9.17, 15) is 19.8 Å². The SMILES string of the molecule is C=C(C)C(=O)OC(O)(OC(=O)C(=C)C)C(O)CCCCO. The molecule has 0 spiro atoms. The van der Waals surface area contributed by atoms with Crippen molar-refractivity contribution in [3.05, 3.63) is 24.3 Å². The molecule has 0 aliphatic heterocycles. The van der Waals surface area contributed by atoms with Crippen LogP contribution in [0.15, 0.2) is 24.3 Å². The van der Waals surface area contributed by atoms with Crippen LogP contribution in [0.2, 0.25) is 0 Å².